The predicted molar refractivity (Wildman–Crippen MR) is 112 cm³/mol. The van der Waals surface area contributed by atoms with E-state index in [4.69, 9.17) is 10.5 Å². The molecule has 1 saturated carbocycles. The van der Waals surface area contributed by atoms with E-state index >= 15 is 0 Å². The van der Waals surface area contributed by atoms with Crippen LogP contribution in [-0.2, 0) is 9.53 Å². The van der Waals surface area contributed by atoms with E-state index in [9.17, 15) is 15.0 Å². The molecule has 2 aliphatic rings. The second-order valence-corrected chi connectivity index (χ2v) is 8.09. The van der Waals surface area contributed by atoms with Crippen LogP contribution in [0.1, 0.15) is 57.5 Å². The number of ether oxygens (including phenoxy) is 1. The number of aromatic nitrogens is 4. The number of nitrogens with zero attached hydrogens (tertiary/aromatic N) is 4. The fourth-order valence-electron chi connectivity index (χ4n) is 4.23. The smallest absolute Gasteiger partial charge is 0.252 e. The Bertz CT molecular complexity index is 1010. The number of fused-ring (bicyclic) bond motifs is 1. The van der Waals surface area contributed by atoms with Crippen molar-refractivity contribution in [1.29, 1.82) is 0 Å². The lowest BCUT2D eigenvalue weighted by Crippen LogP contribution is -2.42. The van der Waals surface area contributed by atoms with Crippen molar-refractivity contribution >= 4 is 22.9 Å². The number of hydrogen-bond acceptors (Lipinski definition) is 8. The molecule has 3 heterocycles. The van der Waals surface area contributed by atoms with Gasteiger partial charge >= 0.3 is 0 Å². The summed E-state index contributed by atoms with van der Waals surface area (Å²) < 4.78 is 7.12. The van der Waals surface area contributed by atoms with Crippen LogP contribution in [0.5, 0.6) is 0 Å². The van der Waals surface area contributed by atoms with E-state index in [0.717, 1.165) is 6.42 Å². The summed E-state index contributed by atoms with van der Waals surface area (Å²) in [5.41, 5.74) is 6.71. The third kappa shape index (κ3) is 4.35. The molecule has 0 spiro atoms. The van der Waals surface area contributed by atoms with Gasteiger partial charge in [0.2, 0.25) is 5.82 Å². The highest BCUT2D eigenvalue weighted by molar-refractivity contribution is 5.83. The summed E-state index contributed by atoms with van der Waals surface area (Å²) in [6.07, 6.45) is 3.43. The second kappa shape index (κ2) is 9.18. The van der Waals surface area contributed by atoms with Crippen LogP contribution in [0.4, 0.5) is 5.82 Å². The number of aliphatic hydroxyl groups is 2. The van der Waals surface area contributed by atoms with Crippen LogP contribution >= 0.6 is 0 Å². The zero-order valence-corrected chi connectivity index (χ0v) is 17.5. The summed E-state index contributed by atoms with van der Waals surface area (Å²) >= 11 is 0. The first-order valence-electron chi connectivity index (χ1n) is 10.8. The van der Waals surface area contributed by atoms with Crippen molar-refractivity contribution in [3.8, 4) is 11.8 Å². The largest absolute Gasteiger partial charge is 0.387 e. The minimum Gasteiger partial charge on any atom is -0.387 e. The molecule has 2 fully saturated rings. The third-order valence-electron chi connectivity index (χ3n) is 5.89. The molecule has 2 aromatic heterocycles. The van der Waals surface area contributed by atoms with Crippen LogP contribution in [0.2, 0.25) is 0 Å². The van der Waals surface area contributed by atoms with Gasteiger partial charge in [-0.1, -0.05) is 25.2 Å². The Morgan fingerprint density at radius 3 is 2.81 bits per heavy atom. The summed E-state index contributed by atoms with van der Waals surface area (Å²) in [4.78, 5) is 25.0. The first kappa shape index (κ1) is 21.5. The zero-order valence-electron chi connectivity index (χ0n) is 17.5. The van der Waals surface area contributed by atoms with E-state index in [2.05, 4.69) is 32.1 Å². The Labute approximate surface area is 180 Å². The normalized spacial score (nSPS) is 26.5. The monoisotopic (exact) mass is 428 g/mol. The number of anilines is 1. The first-order valence-corrected chi connectivity index (χ1v) is 10.8. The highest BCUT2D eigenvalue weighted by Gasteiger charge is 2.47. The van der Waals surface area contributed by atoms with E-state index < -0.39 is 30.4 Å². The Balaban J connectivity index is 1.58. The summed E-state index contributed by atoms with van der Waals surface area (Å²) in [6.45, 7) is 2.14. The molecule has 10 heteroatoms. The van der Waals surface area contributed by atoms with Crippen LogP contribution in [0.15, 0.2) is 6.33 Å². The second-order valence-electron chi connectivity index (χ2n) is 8.09. The molecule has 0 aromatic carbocycles. The van der Waals surface area contributed by atoms with E-state index in [1.165, 1.54) is 43.0 Å². The number of aliphatic hydroxyl groups excluding tert-OH is 2. The first-order chi connectivity index (χ1) is 15.0. The molecule has 0 bridgehead atoms. The van der Waals surface area contributed by atoms with Gasteiger partial charge in [-0.05, 0) is 31.6 Å². The van der Waals surface area contributed by atoms with Crippen molar-refractivity contribution in [2.45, 2.75) is 70.0 Å². The number of nitrogen functional groups attached to an aromatic ring is 1. The molecule has 4 unspecified atom stereocenters. The minimum atomic E-state index is -1.39. The SMILES string of the molecule is CCNC(=O)C1OC(n2cnc3c(N)nc(C#CCC4CCCCC4)nc32)C(O)C1O. The van der Waals surface area contributed by atoms with Gasteiger partial charge in [0.05, 0.1) is 6.33 Å². The maximum absolute atomic E-state index is 12.1. The lowest BCUT2D eigenvalue weighted by molar-refractivity contribution is -0.137. The molecule has 1 aliphatic carbocycles. The van der Waals surface area contributed by atoms with Crippen molar-refractivity contribution in [3.63, 3.8) is 0 Å². The number of carbonyl (C=O) groups excluding carboxylic acids is 1. The van der Waals surface area contributed by atoms with Crippen LogP contribution < -0.4 is 11.1 Å². The summed E-state index contributed by atoms with van der Waals surface area (Å²) in [5.74, 6) is 6.69. The Morgan fingerprint density at radius 2 is 2.06 bits per heavy atom. The number of nitrogens with two attached hydrogens (primary N) is 1. The number of imidazole rings is 1. The number of likely N-dealkylation sites (N-methyl/N-ethyl adjacent to an activating group) is 1. The van der Waals surface area contributed by atoms with E-state index in [1.807, 2.05) is 0 Å². The van der Waals surface area contributed by atoms with Gasteiger partial charge in [0.15, 0.2) is 23.8 Å². The molecular formula is C21H28N6O4. The molecule has 5 N–H and O–H groups in total. The summed E-state index contributed by atoms with van der Waals surface area (Å²) in [6, 6.07) is 0. The van der Waals surface area contributed by atoms with E-state index in [1.54, 1.807) is 6.92 Å². The quantitative estimate of drug-likeness (QED) is 0.514. The Kier molecular flexibility index (Phi) is 6.36. The summed E-state index contributed by atoms with van der Waals surface area (Å²) in [5, 5.41) is 23.4. The molecule has 1 amide bonds. The average Bonchev–Trinajstić information content (AvgIpc) is 3.31. The fourth-order valence-corrected chi connectivity index (χ4v) is 4.23. The van der Waals surface area contributed by atoms with Gasteiger partial charge in [-0.15, -0.1) is 0 Å². The molecule has 4 atom stereocenters. The predicted octanol–water partition coefficient (Wildman–Crippen LogP) is 0.486. The Hall–Kier alpha value is -2.74. The van der Waals surface area contributed by atoms with E-state index in [0.29, 0.717) is 23.6 Å². The van der Waals surface area contributed by atoms with Gasteiger partial charge in [0.25, 0.3) is 5.91 Å². The highest BCUT2D eigenvalue weighted by atomic mass is 16.6. The number of amides is 1. The van der Waals surface area contributed by atoms with Crippen LogP contribution in [0.25, 0.3) is 11.2 Å². The van der Waals surface area contributed by atoms with Crippen LogP contribution in [0.3, 0.4) is 0 Å². The van der Waals surface area contributed by atoms with E-state index in [-0.39, 0.29) is 11.6 Å². The molecule has 4 rings (SSSR count). The highest BCUT2D eigenvalue weighted by Crippen LogP contribution is 2.32. The summed E-state index contributed by atoms with van der Waals surface area (Å²) in [7, 11) is 0. The molecule has 166 valence electrons. The van der Waals surface area contributed by atoms with Crippen molar-refractivity contribution in [2.24, 2.45) is 5.92 Å². The van der Waals surface area contributed by atoms with Gasteiger partial charge in [0.1, 0.15) is 17.7 Å². The number of carbonyl (C=O) groups is 1. The Morgan fingerprint density at radius 1 is 1.29 bits per heavy atom. The van der Waals surface area contributed by atoms with Gasteiger partial charge in [0, 0.05) is 13.0 Å². The van der Waals surface area contributed by atoms with Crippen molar-refractivity contribution in [3.05, 3.63) is 12.2 Å². The van der Waals surface area contributed by atoms with Crippen molar-refractivity contribution < 1.29 is 19.7 Å². The molecular weight excluding hydrogens is 400 g/mol. The van der Waals surface area contributed by atoms with Gasteiger partial charge in [-0.25, -0.2) is 15.0 Å². The topological polar surface area (TPSA) is 148 Å². The van der Waals surface area contributed by atoms with Crippen molar-refractivity contribution in [2.75, 3.05) is 12.3 Å². The molecule has 0 radical (unpaired) electrons. The number of rotatable bonds is 4. The molecule has 10 nitrogen and oxygen atoms in total. The third-order valence-corrected chi connectivity index (χ3v) is 5.89. The van der Waals surface area contributed by atoms with Gasteiger partial charge in [-0.2, -0.15) is 0 Å². The van der Waals surface area contributed by atoms with Crippen LogP contribution in [0, 0.1) is 17.8 Å². The molecule has 1 aliphatic heterocycles. The standard InChI is InChI=1S/C21H28N6O4/c1-2-23-20(30)17-15(28)16(29)21(31-17)27-11-24-14-18(22)25-13(26-19(14)27)10-6-9-12-7-4-3-5-8-12/h11-12,15-17,21,28-29H,2-5,7-9H2,1H3,(H,23,30)(H2,22,25,26). The number of hydrogen-bond donors (Lipinski definition) is 4. The average molecular weight is 428 g/mol. The van der Waals surface area contributed by atoms with Crippen molar-refractivity contribution in [1.82, 2.24) is 24.8 Å². The maximum atomic E-state index is 12.1. The molecule has 31 heavy (non-hydrogen) atoms. The maximum Gasteiger partial charge on any atom is 0.252 e. The number of nitrogens with one attached hydrogen (secondary N) is 1. The lowest BCUT2D eigenvalue weighted by atomic mass is 9.87. The van der Waals surface area contributed by atoms with Crippen LogP contribution in [-0.4, -0.2) is 60.5 Å². The van der Waals surface area contributed by atoms with Gasteiger partial charge in [-0.3, -0.25) is 9.36 Å². The lowest BCUT2D eigenvalue weighted by Gasteiger charge is -2.18. The zero-order chi connectivity index (χ0) is 22.0. The minimum absolute atomic E-state index is 0.166. The molecule has 1 saturated heterocycles. The fraction of sp³-hybridized carbons (Fsp3) is 0.619. The van der Waals surface area contributed by atoms with Gasteiger partial charge < -0.3 is 26.0 Å². The molecule has 2 aromatic rings.